The van der Waals surface area contributed by atoms with Crippen LogP contribution in [0, 0.1) is 0 Å². The van der Waals surface area contributed by atoms with Crippen molar-refractivity contribution in [1.29, 1.82) is 0 Å². The first-order valence-corrected chi connectivity index (χ1v) is 10.4. The molecule has 0 bridgehead atoms. The molecule has 0 unspecified atom stereocenters. The van der Waals surface area contributed by atoms with Crippen LogP contribution in [-0.4, -0.2) is 47.6 Å². The van der Waals surface area contributed by atoms with Crippen molar-refractivity contribution in [2.75, 3.05) is 6.54 Å². The molecule has 1 fully saturated rings. The van der Waals surface area contributed by atoms with Gasteiger partial charge in [-0.2, -0.15) is 0 Å². The third-order valence-electron chi connectivity index (χ3n) is 4.74. The van der Waals surface area contributed by atoms with E-state index >= 15 is 0 Å². The monoisotopic (exact) mass is 423 g/mol. The van der Waals surface area contributed by atoms with Crippen molar-refractivity contribution in [3.63, 3.8) is 0 Å². The number of hydrogen-bond acceptors (Lipinski definition) is 6. The van der Waals surface area contributed by atoms with Crippen LogP contribution in [0.5, 0.6) is 0 Å². The first-order valence-electron chi connectivity index (χ1n) is 9.51. The normalized spacial score (nSPS) is 18.6. The Balaban J connectivity index is 2.22. The van der Waals surface area contributed by atoms with Crippen LogP contribution in [0.2, 0.25) is 0 Å². The number of amides is 1. The quantitative estimate of drug-likeness (QED) is 0.674. The second-order valence-corrected chi connectivity index (χ2v) is 10.1. The summed E-state index contributed by atoms with van der Waals surface area (Å²) in [5.41, 5.74) is -0.0919. The molecule has 2 heterocycles. The Hall–Kier alpha value is -1.84. The highest BCUT2D eigenvalue weighted by molar-refractivity contribution is 7.10. The van der Waals surface area contributed by atoms with E-state index in [1.807, 2.05) is 45.2 Å². The molecule has 0 atom stereocenters. The molecule has 1 aliphatic heterocycles. The zero-order chi connectivity index (χ0) is 22.0. The lowest BCUT2D eigenvalue weighted by Gasteiger charge is -2.32. The third kappa shape index (κ3) is 6.59. The largest absolute Gasteiger partial charge is 0.492 e. The van der Waals surface area contributed by atoms with Crippen LogP contribution in [0.25, 0.3) is 6.08 Å². The molecule has 160 valence electrons. The van der Waals surface area contributed by atoms with Gasteiger partial charge < -0.3 is 24.5 Å². The minimum Gasteiger partial charge on any atom is -0.481 e. The maximum Gasteiger partial charge on any atom is 0.492 e. The molecule has 0 spiro atoms. The number of rotatable bonds is 6. The number of aliphatic carboxylic acids is 1. The molecule has 0 aliphatic carbocycles. The molecule has 1 amide bonds. The van der Waals surface area contributed by atoms with Crippen molar-refractivity contribution in [2.24, 2.45) is 0 Å². The van der Waals surface area contributed by atoms with E-state index in [1.165, 1.54) is 11.3 Å². The Labute approximate surface area is 176 Å². The maximum atomic E-state index is 12.1. The molecule has 0 saturated carbocycles. The van der Waals surface area contributed by atoms with Gasteiger partial charge in [0, 0.05) is 11.4 Å². The van der Waals surface area contributed by atoms with Crippen LogP contribution in [-0.2, 0) is 25.3 Å². The predicted molar refractivity (Wildman–Crippen MR) is 114 cm³/mol. The second kappa shape index (κ2) is 8.49. The Morgan fingerprint density at radius 2 is 1.83 bits per heavy atom. The fourth-order valence-corrected chi connectivity index (χ4v) is 3.45. The summed E-state index contributed by atoms with van der Waals surface area (Å²) in [6.07, 6.45) is 1.30. The van der Waals surface area contributed by atoms with Gasteiger partial charge in [0.2, 0.25) is 0 Å². The molecule has 1 aromatic rings. The van der Waals surface area contributed by atoms with Gasteiger partial charge in [-0.1, -0.05) is 6.08 Å². The first kappa shape index (κ1) is 23.4. The molecule has 1 aliphatic rings. The van der Waals surface area contributed by atoms with Gasteiger partial charge in [-0.05, 0) is 70.9 Å². The molecule has 9 heteroatoms. The van der Waals surface area contributed by atoms with Crippen LogP contribution in [0.15, 0.2) is 16.9 Å². The highest BCUT2D eigenvalue weighted by atomic mass is 32.1. The van der Waals surface area contributed by atoms with Crippen molar-refractivity contribution in [2.45, 2.75) is 71.7 Å². The van der Waals surface area contributed by atoms with Gasteiger partial charge in [0.25, 0.3) is 0 Å². The molecule has 0 aromatic carbocycles. The number of ether oxygens (including phenoxy) is 1. The molecule has 1 aromatic heterocycles. The number of carbonyl (C=O) groups is 2. The van der Waals surface area contributed by atoms with Crippen molar-refractivity contribution in [1.82, 2.24) is 5.32 Å². The van der Waals surface area contributed by atoms with E-state index < -0.39 is 36.0 Å². The van der Waals surface area contributed by atoms with E-state index in [9.17, 15) is 9.59 Å². The zero-order valence-corrected chi connectivity index (χ0v) is 18.9. The first-order chi connectivity index (χ1) is 13.2. The average molecular weight is 423 g/mol. The zero-order valence-electron chi connectivity index (χ0n) is 18.1. The molecule has 2 N–H and O–H groups in total. The highest BCUT2D eigenvalue weighted by Crippen LogP contribution is 2.38. The number of carboxylic acid groups (broad SMARTS) is 1. The van der Waals surface area contributed by atoms with E-state index in [1.54, 1.807) is 20.8 Å². The molecule has 1 saturated heterocycles. The van der Waals surface area contributed by atoms with Crippen molar-refractivity contribution >= 4 is 36.6 Å². The van der Waals surface area contributed by atoms with Crippen LogP contribution in [0.3, 0.4) is 0 Å². The summed E-state index contributed by atoms with van der Waals surface area (Å²) < 4.78 is 17.6. The van der Waals surface area contributed by atoms with Gasteiger partial charge in [0.1, 0.15) is 5.60 Å². The molecule has 2 rings (SSSR count). The summed E-state index contributed by atoms with van der Waals surface area (Å²) in [4.78, 5) is 23.8. The summed E-state index contributed by atoms with van der Waals surface area (Å²) in [6, 6.07) is 1.82. The van der Waals surface area contributed by atoms with E-state index in [4.69, 9.17) is 19.2 Å². The van der Waals surface area contributed by atoms with Gasteiger partial charge in [0.15, 0.2) is 0 Å². The molecule has 29 heavy (non-hydrogen) atoms. The third-order valence-corrected chi connectivity index (χ3v) is 5.70. The Morgan fingerprint density at radius 1 is 1.24 bits per heavy atom. The van der Waals surface area contributed by atoms with Gasteiger partial charge in [-0.15, -0.1) is 11.3 Å². The van der Waals surface area contributed by atoms with E-state index in [-0.39, 0.29) is 13.0 Å². The number of nitrogens with one attached hydrogen (secondary N) is 1. The molecule has 0 radical (unpaired) electrons. The topological polar surface area (TPSA) is 94.1 Å². The fraction of sp³-hybridized carbons (Fsp3) is 0.600. The number of alkyl carbamates (subject to hydrolysis) is 1. The molecule has 7 nitrogen and oxygen atoms in total. The Bertz CT molecular complexity index is 777. The second-order valence-electron chi connectivity index (χ2n) is 9.08. The van der Waals surface area contributed by atoms with Crippen molar-refractivity contribution in [3.05, 3.63) is 27.4 Å². The Kier molecular flexibility index (Phi) is 6.87. The average Bonchev–Trinajstić information content (AvgIpc) is 3.02. The minimum atomic E-state index is -0.875. The summed E-state index contributed by atoms with van der Waals surface area (Å²) in [6.45, 7) is 13.4. The van der Waals surface area contributed by atoms with E-state index in [2.05, 4.69) is 5.32 Å². The molecular formula is C20H30BNO6S. The smallest absolute Gasteiger partial charge is 0.481 e. The van der Waals surface area contributed by atoms with Gasteiger partial charge >= 0.3 is 19.2 Å². The lowest BCUT2D eigenvalue weighted by atomic mass is 9.77. The van der Waals surface area contributed by atoms with Crippen molar-refractivity contribution < 1.29 is 28.7 Å². The van der Waals surface area contributed by atoms with Crippen molar-refractivity contribution in [3.8, 4) is 0 Å². The number of carbonyl (C=O) groups excluding carboxylic acids is 1. The predicted octanol–water partition coefficient (Wildman–Crippen LogP) is 3.91. The highest BCUT2D eigenvalue weighted by Gasteiger charge is 2.52. The number of hydrogen-bond donors (Lipinski definition) is 2. The van der Waals surface area contributed by atoms with Crippen LogP contribution < -0.4 is 5.32 Å². The van der Waals surface area contributed by atoms with Gasteiger partial charge in [-0.3, -0.25) is 4.79 Å². The lowest BCUT2D eigenvalue weighted by molar-refractivity contribution is -0.136. The Morgan fingerprint density at radius 3 is 2.34 bits per heavy atom. The lowest BCUT2D eigenvalue weighted by Crippen LogP contribution is -2.41. The minimum absolute atomic E-state index is 0.0273. The summed E-state index contributed by atoms with van der Waals surface area (Å²) in [5.74, 6) is -0.875. The summed E-state index contributed by atoms with van der Waals surface area (Å²) in [7, 11) is -0.641. The van der Waals surface area contributed by atoms with E-state index in [0.29, 0.717) is 5.47 Å². The standard InChI is InChI=1S/C20H30BNO6S/c1-18(2,3)26-17(25)22-11-14(21-27-19(4,5)20(6,7)28-21)8-13-9-15(29-12-13)10-16(23)24/h8-9,12H,10-11H2,1-7H3,(H,22,25)(H,23,24). The van der Waals surface area contributed by atoms with Crippen LogP contribution >= 0.6 is 11.3 Å². The summed E-state index contributed by atoms with van der Waals surface area (Å²) in [5, 5.41) is 13.6. The van der Waals surface area contributed by atoms with Gasteiger partial charge in [-0.25, -0.2) is 4.79 Å². The SMILES string of the molecule is CC(C)(C)OC(=O)NCC(=Cc1csc(CC(=O)O)c1)B1OC(C)(C)C(C)(C)O1. The van der Waals surface area contributed by atoms with Crippen LogP contribution in [0.1, 0.15) is 58.9 Å². The fourth-order valence-electron chi connectivity index (χ4n) is 2.61. The summed E-state index contributed by atoms with van der Waals surface area (Å²) >= 11 is 1.38. The van der Waals surface area contributed by atoms with Gasteiger partial charge in [0.05, 0.1) is 17.6 Å². The number of thiophene rings is 1. The maximum absolute atomic E-state index is 12.1. The molecular weight excluding hydrogens is 393 g/mol. The van der Waals surface area contributed by atoms with E-state index in [0.717, 1.165) is 10.4 Å². The number of carboxylic acids is 1. The van der Waals surface area contributed by atoms with Crippen LogP contribution in [0.4, 0.5) is 4.79 Å².